The zero-order valence-corrected chi connectivity index (χ0v) is 13.2. The number of aryl methyl sites for hydroxylation is 1. The second kappa shape index (κ2) is 8.13. The minimum absolute atomic E-state index is 0. The van der Waals surface area contributed by atoms with E-state index >= 15 is 0 Å². The highest BCUT2D eigenvalue weighted by Crippen LogP contribution is 2.33. The maximum absolute atomic E-state index is 13.5. The number of halogens is 5. The summed E-state index contributed by atoms with van der Waals surface area (Å²) in [7, 11) is 0. The van der Waals surface area contributed by atoms with E-state index in [2.05, 4.69) is 5.32 Å². The minimum atomic E-state index is -4.19. The van der Waals surface area contributed by atoms with Gasteiger partial charge in [-0.15, -0.1) is 12.4 Å². The molecule has 2 nitrogen and oxygen atoms in total. The number of piperazine rings is 1. The SMILES string of the molecule is Cc1ccc(F)cc1[C@H](CCC(F)(F)F)N1CCNCC1.Cl. The Kier molecular flexibility index (Phi) is 7.09. The van der Waals surface area contributed by atoms with Crippen LogP contribution in [0.25, 0.3) is 0 Å². The van der Waals surface area contributed by atoms with Crippen molar-refractivity contribution < 1.29 is 17.6 Å². The van der Waals surface area contributed by atoms with Gasteiger partial charge in [-0.3, -0.25) is 4.90 Å². The van der Waals surface area contributed by atoms with Crippen LogP contribution in [0.1, 0.15) is 30.0 Å². The summed E-state index contributed by atoms with van der Waals surface area (Å²) >= 11 is 0. The van der Waals surface area contributed by atoms with Gasteiger partial charge in [0.25, 0.3) is 0 Å². The molecule has 0 unspecified atom stereocenters. The molecule has 1 saturated heterocycles. The maximum atomic E-state index is 13.5. The molecule has 1 fully saturated rings. The molecule has 1 aromatic rings. The topological polar surface area (TPSA) is 15.3 Å². The van der Waals surface area contributed by atoms with E-state index in [0.29, 0.717) is 18.7 Å². The van der Waals surface area contributed by atoms with Crippen LogP contribution in [0.2, 0.25) is 0 Å². The first-order valence-corrected chi connectivity index (χ1v) is 7.14. The van der Waals surface area contributed by atoms with Crippen LogP contribution in [0.3, 0.4) is 0 Å². The lowest BCUT2D eigenvalue weighted by atomic mass is 9.95. The summed E-state index contributed by atoms with van der Waals surface area (Å²) in [6, 6.07) is 3.97. The Hall–Kier alpha value is -0.850. The largest absolute Gasteiger partial charge is 0.389 e. The molecule has 0 aliphatic carbocycles. The van der Waals surface area contributed by atoms with Gasteiger partial charge in [-0.05, 0) is 36.6 Å². The quantitative estimate of drug-likeness (QED) is 0.838. The monoisotopic (exact) mass is 340 g/mol. The molecule has 0 radical (unpaired) electrons. The molecule has 2 rings (SSSR count). The third-order valence-corrected chi connectivity index (χ3v) is 3.89. The molecule has 1 aliphatic rings. The lowest BCUT2D eigenvalue weighted by Gasteiger charge is -2.36. The van der Waals surface area contributed by atoms with Crippen molar-refractivity contribution in [3.05, 3.63) is 35.1 Å². The van der Waals surface area contributed by atoms with Crippen LogP contribution in [0, 0.1) is 12.7 Å². The average molecular weight is 341 g/mol. The number of hydrogen-bond donors (Lipinski definition) is 1. The van der Waals surface area contributed by atoms with Gasteiger partial charge < -0.3 is 5.32 Å². The van der Waals surface area contributed by atoms with E-state index in [4.69, 9.17) is 0 Å². The first kappa shape index (κ1) is 19.2. The highest BCUT2D eigenvalue weighted by atomic mass is 35.5. The highest BCUT2D eigenvalue weighted by Gasteiger charge is 2.31. The summed E-state index contributed by atoms with van der Waals surface area (Å²) in [5.74, 6) is -0.400. The van der Waals surface area contributed by atoms with E-state index < -0.39 is 18.4 Å². The molecule has 1 aliphatic heterocycles. The van der Waals surface area contributed by atoms with Gasteiger partial charge in [0.2, 0.25) is 0 Å². The van der Waals surface area contributed by atoms with Crippen LogP contribution in [0.15, 0.2) is 18.2 Å². The number of hydrogen-bond acceptors (Lipinski definition) is 2. The molecule has 1 atom stereocenters. The summed E-state index contributed by atoms with van der Waals surface area (Å²) in [6.07, 6.45) is -5.07. The summed E-state index contributed by atoms with van der Waals surface area (Å²) in [5, 5.41) is 3.18. The molecule has 0 spiro atoms. The van der Waals surface area contributed by atoms with E-state index in [-0.39, 0.29) is 24.9 Å². The molecule has 1 N–H and O–H groups in total. The highest BCUT2D eigenvalue weighted by molar-refractivity contribution is 5.85. The second-order valence-corrected chi connectivity index (χ2v) is 5.46. The third kappa shape index (κ3) is 5.41. The van der Waals surface area contributed by atoms with Crippen molar-refractivity contribution in [2.24, 2.45) is 0 Å². The Morgan fingerprint density at radius 2 is 1.86 bits per heavy atom. The van der Waals surface area contributed by atoms with Crippen LogP contribution in [0.4, 0.5) is 17.6 Å². The summed E-state index contributed by atoms with van der Waals surface area (Å²) in [5.41, 5.74) is 1.50. The standard InChI is InChI=1S/C15H20F4N2.ClH/c1-11-2-3-12(16)10-13(11)14(4-5-15(17,18)19)21-8-6-20-7-9-21;/h2-3,10,14,20H,4-9H2,1H3;1H/t14-;/m0./s1. The van der Waals surface area contributed by atoms with Crippen molar-refractivity contribution in [1.82, 2.24) is 10.2 Å². The van der Waals surface area contributed by atoms with Gasteiger partial charge >= 0.3 is 6.18 Å². The van der Waals surface area contributed by atoms with Gasteiger partial charge in [0.15, 0.2) is 0 Å². The van der Waals surface area contributed by atoms with Gasteiger partial charge in [0.1, 0.15) is 5.82 Å². The molecule has 22 heavy (non-hydrogen) atoms. The van der Waals surface area contributed by atoms with Crippen LogP contribution >= 0.6 is 12.4 Å². The fraction of sp³-hybridized carbons (Fsp3) is 0.600. The zero-order chi connectivity index (χ0) is 15.5. The molecule has 0 saturated carbocycles. The summed E-state index contributed by atoms with van der Waals surface area (Å²) in [6.45, 7) is 4.67. The number of rotatable bonds is 4. The minimum Gasteiger partial charge on any atom is -0.314 e. The molecule has 0 bridgehead atoms. The third-order valence-electron chi connectivity index (χ3n) is 3.89. The second-order valence-electron chi connectivity index (χ2n) is 5.46. The van der Waals surface area contributed by atoms with Crippen LogP contribution < -0.4 is 5.32 Å². The smallest absolute Gasteiger partial charge is 0.314 e. The Labute approximate surface area is 134 Å². The molecule has 1 heterocycles. The lowest BCUT2D eigenvalue weighted by Crippen LogP contribution is -2.45. The van der Waals surface area contributed by atoms with Gasteiger partial charge in [-0.2, -0.15) is 13.2 Å². The lowest BCUT2D eigenvalue weighted by molar-refractivity contribution is -0.138. The Balaban J connectivity index is 0.00000242. The van der Waals surface area contributed by atoms with Crippen molar-refractivity contribution in [2.45, 2.75) is 32.0 Å². The van der Waals surface area contributed by atoms with E-state index in [0.717, 1.165) is 18.7 Å². The van der Waals surface area contributed by atoms with E-state index in [1.807, 2.05) is 11.8 Å². The molecule has 0 amide bonds. The molecule has 0 aromatic heterocycles. The van der Waals surface area contributed by atoms with Crippen molar-refractivity contribution in [1.29, 1.82) is 0 Å². The summed E-state index contributed by atoms with van der Waals surface area (Å²) < 4.78 is 51.2. The Bertz CT molecular complexity index is 473. The molecule has 1 aromatic carbocycles. The molecular formula is C15H21ClF4N2. The summed E-state index contributed by atoms with van der Waals surface area (Å²) in [4.78, 5) is 2.02. The van der Waals surface area contributed by atoms with Gasteiger partial charge in [0.05, 0.1) is 0 Å². The van der Waals surface area contributed by atoms with Crippen LogP contribution in [0.5, 0.6) is 0 Å². The van der Waals surface area contributed by atoms with E-state index in [1.54, 1.807) is 6.07 Å². The Morgan fingerprint density at radius 3 is 2.45 bits per heavy atom. The first-order valence-electron chi connectivity index (χ1n) is 7.14. The zero-order valence-electron chi connectivity index (χ0n) is 12.4. The fourth-order valence-electron chi connectivity index (χ4n) is 2.80. The predicted octanol–water partition coefficient (Wildman–Crippen LogP) is 3.84. The van der Waals surface area contributed by atoms with Crippen molar-refractivity contribution in [3.63, 3.8) is 0 Å². The van der Waals surface area contributed by atoms with E-state index in [1.165, 1.54) is 12.1 Å². The normalized spacial score (nSPS) is 17.9. The first-order chi connectivity index (χ1) is 9.87. The van der Waals surface area contributed by atoms with Crippen molar-refractivity contribution >= 4 is 12.4 Å². The molecule has 126 valence electrons. The Morgan fingerprint density at radius 1 is 1.23 bits per heavy atom. The molecule has 7 heteroatoms. The van der Waals surface area contributed by atoms with E-state index in [9.17, 15) is 17.6 Å². The number of nitrogens with zero attached hydrogens (tertiary/aromatic N) is 1. The van der Waals surface area contributed by atoms with Crippen molar-refractivity contribution in [2.75, 3.05) is 26.2 Å². The van der Waals surface area contributed by atoms with Crippen molar-refractivity contribution in [3.8, 4) is 0 Å². The van der Waals surface area contributed by atoms with Crippen LogP contribution in [-0.4, -0.2) is 37.3 Å². The maximum Gasteiger partial charge on any atom is 0.389 e. The number of benzene rings is 1. The van der Waals surface area contributed by atoms with Gasteiger partial charge in [-0.1, -0.05) is 6.07 Å². The van der Waals surface area contributed by atoms with Gasteiger partial charge in [-0.25, -0.2) is 4.39 Å². The van der Waals surface area contributed by atoms with Crippen LogP contribution in [-0.2, 0) is 0 Å². The van der Waals surface area contributed by atoms with Gasteiger partial charge in [0, 0.05) is 38.6 Å². The number of nitrogens with one attached hydrogen (secondary N) is 1. The fourth-order valence-corrected chi connectivity index (χ4v) is 2.80. The molecular weight excluding hydrogens is 320 g/mol. The predicted molar refractivity (Wildman–Crippen MR) is 80.9 cm³/mol. The average Bonchev–Trinajstić information content (AvgIpc) is 2.43. The number of alkyl halides is 3.